The zero-order valence-electron chi connectivity index (χ0n) is 15.3. The highest BCUT2D eigenvalue weighted by atomic mass is 28.4. The van der Waals surface area contributed by atoms with Crippen molar-refractivity contribution in [3.8, 4) is 17.6 Å². The molecule has 0 aromatic heterocycles. The van der Waals surface area contributed by atoms with Crippen molar-refractivity contribution >= 4 is 20.2 Å². The Bertz CT molecular complexity index is 560. The number of hydrogen-bond donors (Lipinski definition) is 0. The Kier molecular flexibility index (Phi) is 7.54. The normalized spacial score (nSPS) is 12.1. The minimum atomic E-state index is -1.62. The maximum atomic E-state index is 6.12. The molecular weight excluding hydrogens is 302 g/mol. The highest BCUT2D eigenvalue weighted by molar-refractivity contribution is 6.74. The zero-order chi connectivity index (χ0) is 17.3. The van der Waals surface area contributed by atoms with Crippen LogP contribution in [0.4, 0.5) is 5.69 Å². The van der Waals surface area contributed by atoms with E-state index in [9.17, 15) is 0 Å². The molecule has 126 valence electrons. The van der Waals surface area contributed by atoms with E-state index in [0.29, 0.717) is 0 Å². The van der Waals surface area contributed by atoms with Gasteiger partial charge in [0.25, 0.3) is 0 Å². The van der Waals surface area contributed by atoms with Crippen molar-refractivity contribution < 1.29 is 9.16 Å². The lowest BCUT2D eigenvalue weighted by Crippen LogP contribution is -2.40. The van der Waals surface area contributed by atoms with Gasteiger partial charge < -0.3 is 9.16 Å². The summed E-state index contributed by atoms with van der Waals surface area (Å²) < 4.78 is 11.2. The Labute approximate surface area is 142 Å². The predicted octanol–water partition coefficient (Wildman–Crippen LogP) is 5.20. The molecule has 0 fully saturated rings. The van der Waals surface area contributed by atoms with Crippen molar-refractivity contribution in [3.63, 3.8) is 0 Å². The molecule has 0 saturated carbocycles. The molecule has 0 saturated heterocycles. The van der Waals surface area contributed by atoms with E-state index >= 15 is 0 Å². The molecule has 0 aliphatic carbocycles. The van der Waals surface area contributed by atoms with Crippen LogP contribution in [-0.2, 0) is 4.43 Å². The first-order chi connectivity index (χ1) is 10.8. The highest BCUT2D eigenvalue weighted by Crippen LogP contribution is 2.36. The van der Waals surface area contributed by atoms with Gasteiger partial charge in [0, 0.05) is 13.0 Å². The summed E-state index contributed by atoms with van der Waals surface area (Å²) in [5, 5.41) is 0.268. The maximum absolute atomic E-state index is 6.12. The Morgan fingerprint density at radius 1 is 1.17 bits per heavy atom. The van der Waals surface area contributed by atoms with E-state index in [0.717, 1.165) is 30.9 Å². The van der Waals surface area contributed by atoms with Gasteiger partial charge in [-0.05, 0) is 48.8 Å². The molecular formula is C19H29NO2Si. The van der Waals surface area contributed by atoms with Gasteiger partial charge in [-0.25, -0.2) is 4.99 Å². The summed E-state index contributed by atoms with van der Waals surface area (Å²) in [4.78, 5) is 4.29. The fourth-order valence-corrected chi connectivity index (χ4v) is 2.68. The summed E-state index contributed by atoms with van der Waals surface area (Å²) in [6, 6.07) is 7.59. The van der Waals surface area contributed by atoms with E-state index in [4.69, 9.17) is 9.16 Å². The fraction of sp³-hybridized carbons (Fsp3) is 0.526. The van der Waals surface area contributed by atoms with Crippen molar-refractivity contribution in [2.45, 2.75) is 51.7 Å². The molecule has 0 aliphatic heterocycles. The SMILES string of the molecule is COc1ccc(N=CC#CCCCO[Si](C)(C)C(C)(C)C)cc1. The Morgan fingerprint density at radius 3 is 2.39 bits per heavy atom. The fourth-order valence-electron chi connectivity index (χ4n) is 1.60. The second kappa shape index (κ2) is 8.90. The second-order valence-electron chi connectivity index (χ2n) is 6.99. The smallest absolute Gasteiger partial charge is 0.191 e. The third-order valence-corrected chi connectivity index (χ3v) is 8.71. The molecule has 0 unspecified atom stereocenters. The molecule has 0 amide bonds. The molecule has 1 rings (SSSR count). The third-order valence-electron chi connectivity index (χ3n) is 4.17. The van der Waals surface area contributed by atoms with Crippen molar-refractivity contribution in [1.29, 1.82) is 0 Å². The lowest BCUT2D eigenvalue weighted by molar-refractivity contribution is 0.284. The maximum Gasteiger partial charge on any atom is 0.191 e. The first-order valence-electron chi connectivity index (χ1n) is 8.05. The molecule has 4 heteroatoms. The standard InChI is InChI=1S/C19H29NO2Si/c1-19(2,3)23(5,6)22-16-10-8-7-9-15-20-17-11-13-18(21-4)14-12-17/h11-15H,8,10,16H2,1-6H3. The van der Waals surface area contributed by atoms with E-state index in [1.165, 1.54) is 0 Å². The van der Waals surface area contributed by atoms with Crippen LogP contribution in [0.25, 0.3) is 0 Å². The van der Waals surface area contributed by atoms with Crippen molar-refractivity contribution in [2.24, 2.45) is 4.99 Å². The Balaban J connectivity index is 2.29. The van der Waals surface area contributed by atoms with E-state index in [1.807, 2.05) is 24.3 Å². The van der Waals surface area contributed by atoms with Crippen molar-refractivity contribution in [1.82, 2.24) is 0 Å². The topological polar surface area (TPSA) is 30.8 Å². The largest absolute Gasteiger partial charge is 0.497 e. The van der Waals surface area contributed by atoms with Crippen LogP contribution in [0.3, 0.4) is 0 Å². The summed E-state index contributed by atoms with van der Waals surface area (Å²) in [7, 11) is 0.0343. The number of rotatable bonds is 6. The van der Waals surface area contributed by atoms with Gasteiger partial charge in [0.2, 0.25) is 0 Å². The number of benzene rings is 1. The third kappa shape index (κ3) is 7.02. The van der Waals surface area contributed by atoms with E-state index in [-0.39, 0.29) is 5.04 Å². The molecule has 0 spiro atoms. The summed E-state index contributed by atoms with van der Waals surface area (Å²) in [6.07, 6.45) is 3.45. The summed E-state index contributed by atoms with van der Waals surface area (Å²) in [5.41, 5.74) is 0.876. The molecule has 0 heterocycles. The molecule has 23 heavy (non-hydrogen) atoms. The van der Waals surface area contributed by atoms with Crippen molar-refractivity contribution in [3.05, 3.63) is 24.3 Å². The van der Waals surface area contributed by atoms with Gasteiger partial charge in [-0.1, -0.05) is 32.6 Å². The molecule has 0 bridgehead atoms. The monoisotopic (exact) mass is 331 g/mol. The number of nitrogens with zero attached hydrogens (tertiary/aromatic N) is 1. The first-order valence-corrected chi connectivity index (χ1v) is 11.0. The van der Waals surface area contributed by atoms with Gasteiger partial charge in [-0.3, -0.25) is 0 Å². The molecule has 0 atom stereocenters. The van der Waals surface area contributed by atoms with E-state index < -0.39 is 8.32 Å². The van der Waals surface area contributed by atoms with Crippen LogP contribution in [0.2, 0.25) is 18.1 Å². The highest BCUT2D eigenvalue weighted by Gasteiger charge is 2.36. The lowest BCUT2D eigenvalue weighted by atomic mass is 10.2. The first kappa shape index (κ1) is 19.5. The summed E-state index contributed by atoms with van der Waals surface area (Å²) in [5.74, 6) is 6.92. The summed E-state index contributed by atoms with van der Waals surface area (Å²) >= 11 is 0. The molecule has 3 nitrogen and oxygen atoms in total. The number of ether oxygens (including phenoxy) is 1. The van der Waals surface area contributed by atoms with Gasteiger partial charge >= 0.3 is 0 Å². The number of hydrogen-bond acceptors (Lipinski definition) is 3. The quantitative estimate of drug-likeness (QED) is 0.310. The molecule has 0 aliphatic rings. The predicted molar refractivity (Wildman–Crippen MR) is 101 cm³/mol. The van der Waals surface area contributed by atoms with Crippen LogP contribution >= 0.6 is 0 Å². The average molecular weight is 332 g/mol. The van der Waals surface area contributed by atoms with Crippen LogP contribution in [0.15, 0.2) is 29.3 Å². The molecule has 0 N–H and O–H groups in total. The zero-order valence-corrected chi connectivity index (χ0v) is 16.3. The minimum absolute atomic E-state index is 0.268. The van der Waals surface area contributed by atoms with Gasteiger partial charge in [-0.15, -0.1) is 0 Å². The van der Waals surface area contributed by atoms with Crippen LogP contribution in [0.1, 0.15) is 33.6 Å². The molecule has 1 aromatic carbocycles. The molecule has 0 radical (unpaired) electrons. The average Bonchev–Trinajstić information content (AvgIpc) is 2.49. The number of aliphatic imine (C=N–C) groups is 1. The van der Waals surface area contributed by atoms with Gasteiger partial charge in [0.1, 0.15) is 5.75 Å². The number of unbranched alkanes of at least 4 members (excludes halogenated alkanes) is 1. The van der Waals surface area contributed by atoms with Crippen LogP contribution < -0.4 is 4.74 Å². The second-order valence-corrected chi connectivity index (χ2v) is 11.8. The van der Waals surface area contributed by atoms with E-state index in [2.05, 4.69) is 50.7 Å². The van der Waals surface area contributed by atoms with Gasteiger partial charge in [0.15, 0.2) is 8.32 Å². The minimum Gasteiger partial charge on any atom is -0.497 e. The number of methoxy groups -OCH3 is 1. The van der Waals surface area contributed by atoms with Gasteiger partial charge in [0.05, 0.1) is 19.0 Å². The lowest BCUT2D eigenvalue weighted by Gasteiger charge is -2.36. The van der Waals surface area contributed by atoms with Crippen LogP contribution in [0, 0.1) is 11.8 Å². The summed E-state index contributed by atoms with van der Waals surface area (Å²) in [6.45, 7) is 12.1. The Morgan fingerprint density at radius 2 is 1.83 bits per heavy atom. The van der Waals surface area contributed by atoms with Gasteiger partial charge in [-0.2, -0.15) is 0 Å². The van der Waals surface area contributed by atoms with Crippen LogP contribution in [0.5, 0.6) is 5.75 Å². The molecule has 1 aromatic rings. The Hall–Kier alpha value is -1.57. The van der Waals surface area contributed by atoms with E-state index in [1.54, 1.807) is 13.3 Å². The van der Waals surface area contributed by atoms with Crippen LogP contribution in [-0.4, -0.2) is 28.2 Å². The van der Waals surface area contributed by atoms with Crippen molar-refractivity contribution in [2.75, 3.05) is 13.7 Å².